The molecule has 1 saturated heterocycles. The van der Waals surface area contributed by atoms with E-state index in [1.54, 1.807) is 17.1 Å². The Kier molecular flexibility index (Phi) is 5.71. The van der Waals surface area contributed by atoms with Crippen LogP contribution in [0.3, 0.4) is 0 Å². The molecule has 1 atom stereocenters. The normalized spacial score (nSPS) is 17.0. The molecule has 2 aromatic rings. The molecule has 3 heterocycles. The average molecular weight is 363 g/mol. The van der Waals surface area contributed by atoms with Gasteiger partial charge in [-0.3, -0.25) is 14.5 Å². The van der Waals surface area contributed by atoms with Crippen molar-refractivity contribution in [2.24, 2.45) is 0 Å². The Morgan fingerprint density at radius 3 is 2.76 bits per heavy atom. The third kappa shape index (κ3) is 4.38. The molecule has 0 radical (unpaired) electrons. The predicted octanol–water partition coefficient (Wildman–Crippen LogP) is 2.76. The molecular weight excluding hydrogens is 340 g/mol. The zero-order valence-electron chi connectivity index (χ0n) is 14.6. The quantitative estimate of drug-likeness (QED) is 0.792. The molecular formula is C18H23ClN4O2. The Morgan fingerprint density at radius 2 is 2.16 bits per heavy atom. The lowest BCUT2D eigenvalue weighted by Gasteiger charge is -2.26. The van der Waals surface area contributed by atoms with Crippen molar-refractivity contribution in [2.75, 3.05) is 13.2 Å². The molecule has 0 N–H and O–H groups in total. The van der Waals surface area contributed by atoms with Crippen LogP contribution in [-0.2, 0) is 22.6 Å². The summed E-state index contributed by atoms with van der Waals surface area (Å²) in [6.07, 6.45) is 5.63. The molecule has 0 saturated carbocycles. The van der Waals surface area contributed by atoms with E-state index in [1.165, 1.54) is 0 Å². The van der Waals surface area contributed by atoms with Crippen molar-refractivity contribution in [1.29, 1.82) is 0 Å². The van der Waals surface area contributed by atoms with E-state index in [1.807, 2.05) is 30.9 Å². The lowest BCUT2D eigenvalue weighted by molar-refractivity contribution is -0.134. The summed E-state index contributed by atoms with van der Waals surface area (Å²) in [5.74, 6) is 0.00887. The van der Waals surface area contributed by atoms with Gasteiger partial charge in [0, 0.05) is 32.1 Å². The first-order valence-electron chi connectivity index (χ1n) is 8.52. The molecule has 6 nitrogen and oxygen atoms in total. The molecule has 1 fully saturated rings. The second kappa shape index (κ2) is 7.97. The van der Waals surface area contributed by atoms with Crippen LogP contribution in [0.1, 0.15) is 29.8 Å². The zero-order chi connectivity index (χ0) is 17.8. The van der Waals surface area contributed by atoms with E-state index < -0.39 is 0 Å². The molecule has 0 spiro atoms. The molecule has 134 valence electrons. The van der Waals surface area contributed by atoms with Gasteiger partial charge >= 0.3 is 0 Å². The summed E-state index contributed by atoms with van der Waals surface area (Å²) in [5, 5.41) is 4.99. The van der Waals surface area contributed by atoms with Crippen molar-refractivity contribution in [3.05, 3.63) is 46.5 Å². The van der Waals surface area contributed by atoms with Crippen molar-refractivity contribution in [3.8, 4) is 0 Å². The van der Waals surface area contributed by atoms with Crippen molar-refractivity contribution >= 4 is 17.5 Å². The lowest BCUT2D eigenvalue weighted by atomic mass is 10.2. The number of nitrogens with zero attached hydrogens (tertiary/aromatic N) is 4. The van der Waals surface area contributed by atoms with Gasteiger partial charge in [-0.25, -0.2) is 0 Å². The minimum Gasteiger partial charge on any atom is -0.376 e. The number of hydrogen-bond donors (Lipinski definition) is 0. The number of aromatic nitrogens is 3. The Labute approximate surface area is 152 Å². The lowest BCUT2D eigenvalue weighted by Crippen LogP contribution is -2.39. The Bertz CT molecular complexity index is 726. The first-order valence-corrected chi connectivity index (χ1v) is 8.90. The number of hydrogen-bond acceptors (Lipinski definition) is 4. The predicted molar refractivity (Wildman–Crippen MR) is 95.3 cm³/mol. The van der Waals surface area contributed by atoms with Gasteiger partial charge in [0.1, 0.15) is 6.54 Å². The third-order valence-electron chi connectivity index (χ3n) is 4.50. The van der Waals surface area contributed by atoms with Gasteiger partial charge in [0.05, 0.1) is 22.5 Å². The van der Waals surface area contributed by atoms with Crippen LogP contribution in [0.25, 0.3) is 0 Å². The van der Waals surface area contributed by atoms with Crippen molar-refractivity contribution in [3.63, 3.8) is 0 Å². The summed E-state index contributed by atoms with van der Waals surface area (Å²) in [7, 11) is 0. The van der Waals surface area contributed by atoms with Gasteiger partial charge in [0.25, 0.3) is 0 Å². The monoisotopic (exact) mass is 362 g/mol. The molecule has 0 bridgehead atoms. The molecule has 1 aliphatic rings. The summed E-state index contributed by atoms with van der Waals surface area (Å²) in [6, 6.07) is 3.85. The first-order chi connectivity index (χ1) is 12.0. The highest BCUT2D eigenvalue weighted by Gasteiger charge is 2.24. The minimum absolute atomic E-state index is 0.00887. The van der Waals surface area contributed by atoms with Crippen LogP contribution in [0.5, 0.6) is 0 Å². The number of rotatable bonds is 6. The van der Waals surface area contributed by atoms with Gasteiger partial charge in [0.15, 0.2) is 0 Å². The SMILES string of the molecule is Cc1nn(CC(=O)N(Cc2ccncc2)CC2CCCO2)c(C)c1Cl. The van der Waals surface area contributed by atoms with Crippen LogP contribution in [0, 0.1) is 13.8 Å². The van der Waals surface area contributed by atoms with Crippen LogP contribution < -0.4 is 0 Å². The molecule has 7 heteroatoms. The van der Waals surface area contributed by atoms with Gasteiger partial charge in [-0.05, 0) is 44.4 Å². The van der Waals surface area contributed by atoms with E-state index in [-0.39, 0.29) is 18.6 Å². The van der Waals surface area contributed by atoms with Gasteiger partial charge in [-0.1, -0.05) is 11.6 Å². The standard InChI is InChI=1S/C18H23ClN4O2/c1-13-18(19)14(2)23(21-13)12-17(24)22(11-16-4-3-9-25-16)10-15-5-7-20-8-6-15/h5-8,16H,3-4,9-12H2,1-2H3. The fourth-order valence-electron chi connectivity index (χ4n) is 3.05. The second-order valence-electron chi connectivity index (χ2n) is 6.41. The largest absolute Gasteiger partial charge is 0.376 e. The third-order valence-corrected chi connectivity index (χ3v) is 5.05. The van der Waals surface area contributed by atoms with Crippen molar-refractivity contribution in [2.45, 2.75) is 45.9 Å². The van der Waals surface area contributed by atoms with Crippen LogP contribution in [0.4, 0.5) is 0 Å². The Hall–Kier alpha value is -1.92. The summed E-state index contributed by atoms with van der Waals surface area (Å²) >= 11 is 6.19. The highest BCUT2D eigenvalue weighted by molar-refractivity contribution is 6.31. The molecule has 0 aromatic carbocycles. The van der Waals surface area contributed by atoms with E-state index in [2.05, 4.69) is 10.1 Å². The van der Waals surface area contributed by atoms with Crippen LogP contribution in [0.15, 0.2) is 24.5 Å². The van der Waals surface area contributed by atoms with E-state index in [0.29, 0.717) is 18.1 Å². The average Bonchev–Trinajstić information content (AvgIpc) is 3.20. The molecule has 1 amide bonds. The topological polar surface area (TPSA) is 60.2 Å². The molecule has 25 heavy (non-hydrogen) atoms. The molecule has 1 aliphatic heterocycles. The molecule has 1 unspecified atom stereocenters. The fourth-order valence-corrected chi connectivity index (χ4v) is 3.19. The van der Waals surface area contributed by atoms with E-state index >= 15 is 0 Å². The smallest absolute Gasteiger partial charge is 0.244 e. The van der Waals surface area contributed by atoms with Crippen LogP contribution in [0.2, 0.25) is 5.02 Å². The maximum atomic E-state index is 12.9. The minimum atomic E-state index is 0.00887. The van der Waals surface area contributed by atoms with Crippen LogP contribution in [-0.4, -0.2) is 44.8 Å². The fraction of sp³-hybridized carbons (Fsp3) is 0.500. The van der Waals surface area contributed by atoms with E-state index in [4.69, 9.17) is 16.3 Å². The number of amides is 1. The summed E-state index contributed by atoms with van der Waals surface area (Å²) in [5.41, 5.74) is 2.60. The van der Waals surface area contributed by atoms with Gasteiger partial charge in [0.2, 0.25) is 5.91 Å². The molecule has 2 aromatic heterocycles. The Morgan fingerprint density at radius 1 is 1.40 bits per heavy atom. The van der Waals surface area contributed by atoms with Crippen molar-refractivity contribution in [1.82, 2.24) is 19.7 Å². The number of carbonyl (C=O) groups excluding carboxylic acids is 1. The Balaban J connectivity index is 1.74. The van der Waals surface area contributed by atoms with Crippen molar-refractivity contribution < 1.29 is 9.53 Å². The summed E-state index contributed by atoms with van der Waals surface area (Å²) < 4.78 is 7.39. The first kappa shape index (κ1) is 17.9. The number of carbonyl (C=O) groups is 1. The zero-order valence-corrected chi connectivity index (χ0v) is 15.4. The second-order valence-corrected chi connectivity index (χ2v) is 6.79. The van der Waals surface area contributed by atoms with E-state index in [9.17, 15) is 4.79 Å². The van der Waals surface area contributed by atoms with Gasteiger partial charge in [-0.15, -0.1) is 0 Å². The number of pyridine rings is 1. The number of aryl methyl sites for hydroxylation is 1. The molecule has 3 rings (SSSR count). The maximum absolute atomic E-state index is 12.9. The van der Waals surface area contributed by atoms with Gasteiger partial charge < -0.3 is 9.64 Å². The maximum Gasteiger partial charge on any atom is 0.244 e. The van der Waals surface area contributed by atoms with Crippen LogP contribution >= 0.6 is 11.6 Å². The summed E-state index contributed by atoms with van der Waals surface area (Å²) in [4.78, 5) is 18.8. The summed E-state index contributed by atoms with van der Waals surface area (Å²) in [6.45, 7) is 5.80. The van der Waals surface area contributed by atoms with E-state index in [0.717, 1.165) is 36.4 Å². The number of ether oxygens (including phenoxy) is 1. The highest BCUT2D eigenvalue weighted by atomic mass is 35.5. The van der Waals surface area contributed by atoms with Gasteiger partial charge in [-0.2, -0.15) is 5.10 Å². The molecule has 0 aliphatic carbocycles. The highest BCUT2D eigenvalue weighted by Crippen LogP contribution is 2.20. The number of halogens is 1.